The maximum Gasteiger partial charge on any atom is 0.335 e. The lowest BCUT2D eigenvalue weighted by molar-refractivity contribution is 0.123. The standard InChI is InChI=1S/C13H33N3O2Si/c1-4-17-19(3,12-6-10-16-11-9-15)18-13(2)7-5-8-14/h13,16H,4-12,14-15H2,1-3H3. The molecule has 0 aliphatic rings. The first kappa shape index (κ1) is 19.0. The lowest BCUT2D eigenvalue weighted by atomic mass is 10.2. The van der Waals surface area contributed by atoms with Crippen molar-refractivity contribution in [1.82, 2.24) is 5.32 Å². The van der Waals surface area contributed by atoms with Crippen LogP contribution in [0.3, 0.4) is 0 Å². The smallest absolute Gasteiger partial charge is 0.335 e. The molecule has 5 N–H and O–H groups in total. The van der Waals surface area contributed by atoms with Crippen molar-refractivity contribution < 1.29 is 8.85 Å². The average Bonchev–Trinajstić information content (AvgIpc) is 2.36. The molecule has 2 atom stereocenters. The molecule has 0 saturated carbocycles. The number of nitrogens with two attached hydrogens (primary N) is 2. The van der Waals surface area contributed by atoms with E-state index in [0.29, 0.717) is 6.54 Å². The van der Waals surface area contributed by atoms with E-state index in [9.17, 15) is 0 Å². The van der Waals surface area contributed by atoms with E-state index in [2.05, 4.69) is 18.8 Å². The summed E-state index contributed by atoms with van der Waals surface area (Å²) in [5.41, 5.74) is 11.0. The molecule has 0 bridgehead atoms. The molecule has 116 valence electrons. The van der Waals surface area contributed by atoms with Gasteiger partial charge in [0, 0.05) is 25.8 Å². The summed E-state index contributed by atoms with van der Waals surface area (Å²) in [6, 6.07) is 1.02. The van der Waals surface area contributed by atoms with Gasteiger partial charge in [0.25, 0.3) is 0 Å². The second kappa shape index (κ2) is 11.8. The van der Waals surface area contributed by atoms with Crippen molar-refractivity contribution in [2.45, 2.75) is 51.8 Å². The third-order valence-corrected chi connectivity index (χ3v) is 6.08. The summed E-state index contributed by atoms with van der Waals surface area (Å²) in [5, 5.41) is 3.31. The number of nitrogens with one attached hydrogen (secondary N) is 1. The number of hydrogen-bond acceptors (Lipinski definition) is 5. The minimum atomic E-state index is -2.03. The molecule has 0 saturated heterocycles. The summed E-state index contributed by atoms with van der Waals surface area (Å²) in [6.07, 6.45) is 3.34. The zero-order valence-electron chi connectivity index (χ0n) is 12.9. The van der Waals surface area contributed by atoms with E-state index in [1.165, 1.54) is 0 Å². The summed E-state index contributed by atoms with van der Waals surface area (Å²) < 4.78 is 12.1. The fourth-order valence-electron chi connectivity index (χ4n) is 2.12. The van der Waals surface area contributed by atoms with Crippen LogP contribution in [-0.4, -0.2) is 47.5 Å². The van der Waals surface area contributed by atoms with Crippen molar-refractivity contribution in [2.24, 2.45) is 11.5 Å². The fraction of sp³-hybridized carbons (Fsp3) is 1.00. The Labute approximate surface area is 119 Å². The van der Waals surface area contributed by atoms with Crippen LogP contribution in [0.4, 0.5) is 0 Å². The Bertz CT molecular complexity index is 210. The molecule has 0 aromatic heterocycles. The quantitative estimate of drug-likeness (QED) is 0.350. The molecule has 19 heavy (non-hydrogen) atoms. The zero-order valence-corrected chi connectivity index (χ0v) is 13.9. The fourth-order valence-corrected chi connectivity index (χ4v) is 4.85. The van der Waals surface area contributed by atoms with Crippen LogP contribution in [0, 0.1) is 0 Å². The van der Waals surface area contributed by atoms with Gasteiger partial charge in [-0.05, 0) is 58.8 Å². The van der Waals surface area contributed by atoms with Gasteiger partial charge in [-0.1, -0.05) is 0 Å². The van der Waals surface area contributed by atoms with Crippen LogP contribution in [-0.2, 0) is 8.85 Å². The van der Waals surface area contributed by atoms with E-state index >= 15 is 0 Å². The second-order valence-electron chi connectivity index (χ2n) is 5.07. The molecule has 0 aromatic carbocycles. The molecule has 0 rings (SSSR count). The van der Waals surface area contributed by atoms with Gasteiger partial charge in [-0.2, -0.15) is 0 Å². The van der Waals surface area contributed by atoms with Crippen molar-refractivity contribution in [3.8, 4) is 0 Å². The highest BCUT2D eigenvalue weighted by molar-refractivity contribution is 6.66. The number of hydrogen-bond donors (Lipinski definition) is 3. The van der Waals surface area contributed by atoms with Crippen LogP contribution in [0.5, 0.6) is 0 Å². The summed E-state index contributed by atoms with van der Waals surface area (Å²) >= 11 is 0. The molecule has 0 radical (unpaired) electrons. The third-order valence-electron chi connectivity index (χ3n) is 3.02. The molecule has 0 heterocycles. The summed E-state index contributed by atoms with van der Waals surface area (Å²) in [7, 11) is -2.03. The predicted molar refractivity (Wildman–Crippen MR) is 83.4 cm³/mol. The van der Waals surface area contributed by atoms with Gasteiger partial charge >= 0.3 is 8.56 Å². The van der Waals surface area contributed by atoms with E-state index in [0.717, 1.165) is 51.5 Å². The Morgan fingerprint density at radius 3 is 2.47 bits per heavy atom. The highest BCUT2D eigenvalue weighted by atomic mass is 28.4. The minimum absolute atomic E-state index is 0.240. The Morgan fingerprint density at radius 2 is 1.89 bits per heavy atom. The molecule has 0 aliphatic carbocycles. The molecule has 0 aliphatic heterocycles. The van der Waals surface area contributed by atoms with Gasteiger partial charge in [-0.3, -0.25) is 0 Å². The van der Waals surface area contributed by atoms with Crippen molar-refractivity contribution in [3.63, 3.8) is 0 Å². The first-order chi connectivity index (χ1) is 9.08. The highest BCUT2D eigenvalue weighted by Gasteiger charge is 2.32. The molecule has 5 nitrogen and oxygen atoms in total. The first-order valence-electron chi connectivity index (χ1n) is 7.50. The van der Waals surface area contributed by atoms with Gasteiger partial charge in [-0.15, -0.1) is 0 Å². The molecule has 2 unspecified atom stereocenters. The van der Waals surface area contributed by atoms with Crippen molar-refractivity contribution in [3.05, 3.63) is 0 Å². The Balaban J connectivity index is 4.02. The second-order valence-corrected chi connectivity index (χ2v) is 8.36. The molecule has 0 aromatic rings. The zero-order chi connectivity index (χ0) is 14.6. The largest absolute Gasteiger partial charge is 0.395 e. The molecular weight excluding hydrogens is 258 g/mol. The van der Waals surface area contributed by atoms with E-state index in [-0.39, 0.29) is 6.10 Å². The lowest BCUT2D eigenvalue weighted by Crippen LogP contribution is -2.42. The first-order valence-corrected chi connectivity index (χ1v) is 10.0. The topological polar surface area (TPSA) is 82.5 Å². The monoisotopic (exact) mass is 291 g/mol. The summed E-state index contributed by atoms with van der Waals surface area (Å²) in [6.45, 7) is 10.3. The number of rotatable bonds is 13. The van der Waals surface area contributed by atoms with Gasteiger partial charge < -0.3 is 25.6 Å². The van der Waals surface area contributed by atoms with Crippen molar-refractivity contribution >= 4 is 8.56 Å². The van der Waals surface area contributed by atoms with Gasteiger partial charge in [0.2, 0.25) is 0 Å². The predicted octanol–water partition coefficient (Wildman–Crippen LogP) is 1.18. The van der Waals surface area contributed by atoms with Gasteiger partial charge in [0.05, 0.1) is 0 Å². The summed E-state index contributed by atoms with van der Waals surface area (Å²) in [5.74, 6) is 0. The Hall–Kier alpha value is 0.0169. The molecular formula is C13H33N3O2Si. The molecule has 6 heteroatoms. The maximum absolute atomic E-state index is 6.20. The van der Waals surface area contributed by atoms with Crippen LogP contribution in [0.1, 0.15) is 33.1 Å². The van der Waals surface area contributed by atoms with Crippen LogP contribution in [0.2, 0.25) is 12.6 Å². The van der Waals surface area contributed by atoms with Crippen LogP contribution < -0.4 is 16.8 Å². The van der Waals surface area contributed by atoms with E-state index in [1.807, 2.05) is 6.92 Å². The Kier molecular flexibility index (Phi) is 11.8. The third kappa shape index (κ3) is 10.5. The van der Waals surface area contributed by atoms with E-state index < -0.39 is 8.56 Å². The lowest BCUT2D eigenvalue weighted by Gasteiger charge is -2.30. The van der Waals surface area contributed by atoms with Crippen LogP contribution in [0.25, 0.3) is 0 Å². The molecule has 0 spiro atoms. The van der Waals surface area contributed by atoms with Gasteiger partial charge in [0.15, 0.2) is 0 Å². The molecule has 0 amide bonds. The van der Waals surface area contributed by atoms with Crippen molar-refractivity contribution in [2.75, 3.05) is 32.8 Å². The van der Waals surface area contributed by atoms with Gasteiger partial charge in [0.1, 0.15) is 0 Å². The minimum Gasteiger partial charge on any atom is -0.395 e. The highest BCUT2D eigenvalue weighted by Crippen LogP contribution is 2.19. The molecule has 0 fully saturated rings. The maximum atomic E-state index is 6.20. The van der Waals surface area contributed by atoms with Crippen LogP contribution in [0.15, 0.2) is 0 Å². The summed E-state index contributed by atoms with van der Waals surface area (Å²) in [4.78, 5) is 0. The normalized spacial score (nSPS) is 16.3. The average molecular weight is 292 g/mol. The Morgan fingerprint density at radius 1 is 1.16 bits per heavy atom. The SMILES string of the molecule is CCO[Si](C)(CCCNCCN)OC(C)CCCN. The van der Waals surface area contributed by atoms with Gasteiger partial charge in [-0.25, -0.2) is 0 Å². The van der Waals surface area contributed by atoms with E-state index in [4.69, 9.17) is 20.3 Å². The van der Waals surface area contributed by atoms with E-state index in [1.54, 1.807) is 0 Å². The van der Waals surface area contributed by atoms with Crippen LogP contribution >= 0.6 is 0 Å². The van der Waals surface area contributed by atoms with Crippen molar-refractivity contribution in [1.29, 1.82) is 0 Å².